The minimum absolute atomic E-state index is 0.0839. The van der Waals surface area contributed by atoms with E-state index in [-0.39, 0.29) is 22.1 Å². The molecule has 0 aliphatic rings. The quantitative estimate of drug-likeness (QED) is 0.731. The Bertz CT molecular complexity index is 366. The van der Waals surface area contributed by atoms with Crippen molar-refractivity contribution in [1.82, 2.24) is 0 Å². The number of ether oxygens (including phenoxy) is 2. The molecular weight excluding hydrogens is 211 g/mol. The maximum Gasteiger partial charge on any atom is 0.180 e. The summed E-state index contributed by atoms with van der Waals surface area (Å²) in [6.45, 7) is 0. The van der Waals surface area contributed by atoms with Crippen molar-refractivity contribution in [3.05, 3.63) is 22.5 Å². The Balaban J connectivity index is 3.46. The predicted molar refractivity (Wildman–Crippen MR) is 49.9 cm³/mol. The molecule has 1 aromatic carbocycles. The van der Waals surface area contributed by atoms with Crippen molar-refractivity contribution in [2.75, 3.05) is 14.2 Å². The summed E-state index contributed by atoms with van der Waals surface area (Å²) in [7, 11) is 2.71. The zero-order valence-corrected chi connectivity index (χ0v) is 8.39. The predicted octanol–water partition coefficient (Wildman–Crippen LogP) is 2.31. The molecule has 3 nitrogen and oxygen atoms in total. The van der Waals surface area contributed by atoms with Crippen LogP contribution in [0.25, 0.3) is 0 Å². The molecule has 0 saturated carbocycles. The Hall–Kier alpha value is -1.29. The Morgan fingerprint density at radius 1 is 1.43 bits per heavy atom. The maximum atomic E-state index is 13.2. The topological polar surface area (TPSA) is 35.5 Å². The van der Waals surface area contributed by atoms with Crippen molar-refractivity contribution in [3.63, 3.8) is 0 Å². The number of carbonyl (C=O) groups excluding carboxylic acids is 1. The summed E-state index contributed by atoms with van der Waals surface area (Å²) >= 11 is 5.72. The fourth-order valence-electron chi connectivity index (χ4n) is 1.04. The van der Waals surface area contributed by atoms with Gasteiger partial charge in [0.15, 0.2) is 17.8 Å². The number of hydrogen-bond acceptors (Lipinski definition) is 3. The number of benzene rings is 1. The summed E-state index contributed by atoms with van der Waals surface area (Å²) in [4.78, 5) is 10.5. The third kappa shape index (κ3) is 1.65. The van der Waals surface area contributed by atoms with E-state index in [2.05, 4.69) is 0 Å². The lowest BCUT2D eigenvalue weighted by Gasteiger charge is -2.10. The highest BCUT2D eigenvalue weighted by molar-refractivity contribution is 6.34. The van der Waals surface area contributed by atoms with Gasteiger partial charge in [0.2, 0.25) is 0 Å². The molecular formula is C9H8ClFO3. The van der Waals surface area contributed by atoms with Crippen molar-refractivity contribution in [2.24, 2.45) is 0 Å². The van der Waals surface area contributed by atoms with E-state index in [1.807, 2.05) is 0 Å². The number of hydrogen-bond donors (Lipinski definition) is 0. The van der Waals surface area contributed by atoms with Crippen LogP contribution < -0.4 is 9.47 Å². The third-order valence-corrected chi connectivity index (χ3v) is 2.09. The highest BCUT2D eigenvalue weighted by Crippen LogP contribution is 2.38. The second kappa shape index (κ2) is 4.28. The molecule has 0 atom stereocenters. The molecule has 0 heterocycles. The van der Waals surface area contributed by atoms with E-state index in [1.54, 1.807) is 0 Å². The summed E-state index contributed by atoms with van der Waals surface area (Å²) in [5.41, 5.74) is -0.232. The van der Waals surface area contributed by atoms with Crippen LogP contribution in [0.3, 0.4) is 0 Å². The largest absolute Gasteiger partial charge is 0.493 e. The van der Waals surface area contributed by atoms with Crippen molar-refractivity contribution in [3.8, 4) is 11.5 Å². The van der Waals surface area contributed by atoms with E-state index in [9.17, 15) is 9.18 Å². The van der Waals surface area contributed by atoms with Gasteiger partial charge in [-0.05, 0) is 0 Å². The van der Waals surface area contributed by atoms with Crippen LogP contribution >= 0.6 is 11.6 Å². The molecule has 0 aliphatic heterocycles. The molecule has 76 valence electrons. The van der Waals surface area contributed by atoms with Gasteiger partial charge < -0.3 is 9.47 Å². The smallest absolute Gasteiger partial charge is 0.180 e. The number of carbonyl (C=O) groups is 1. The van der Waals surface area contributed by atoms with Crippen LogP contribution in [-0.2, 0) is 0 Å². The van der Waals surface area contributed by atoms with Crippen molar-refractivity contribution >= 4 is 17.9 Å². The second-order valence-electron chi connectivity index (χ2n) is 2.44. The Morgan fingerprint density at radius 3 is 2.50 bits per heavy atom. The molecule has 0 radical (unpaired) electrons. The lowest BCUT2D eigenvalue weighted by atomic mass is 10.2. The zero-order valence-electron chi connectivity index (χ0n) is 7.64. The number of methoxy groups -OCH3 is 2. The molecule has 0 aromatic heterocycles. The van der Waals surface area contributed by atoms with E-state index in [0.717, 1.165) is 6.07 Å². The van der Waals surface area contributed by atoms with Crippen molar-refractivity contribution < 1.29 is 18.7 Å². The Morgan fingerprint density at radius 2 is 2.07 bits per heavy atom. The number of aldehydes is 1. The Kier molecular flexibility index (Phi) is 3.30. The standard InChI is InChI=1S/C9H8ClFO3/c1-13-7-3-6(11)5(4-12)8(10)9(7)14-2/h3-4H,1-2H3. The average molecular weight is 219 g/mol. The van der Waals surface area contributed by atoms with Crippen LogP contribution in [0, 0.1) is 5.82 Å². The van der Waals surface area contributed by atoms with Gasteiger partial charge >= 0.3 is 0 Å². The van der Waals surface area contributed by atoms with Gasteiger partial charge in [0.25, 0.3) is 0 Å². The van der Waals surface area contributed by atoms with Crippen molar-refractivity contribution in [1.29, 1.82) is 0 Å². The van der Waals surface area contributed by atoms with Gasteiger partial charge in [-0.1, -0.05) is 11.6 Å². The molecule has 0 N–H and O–H groups in total. The van der Waals surface area contributed by atoms with Crippen LogP contribution in [0.1, 0.15) is 10.4 Å². The molecule has 1 aromatic rings. The minimum Gasteiger partial charge on any atom is -0.493 e. The summed E-state index contributed by atoms with van der Waals surface area (Å²) in [5.74, 6) is -0.430. The van der Waals surface area contributed by atoms with Gasteiger partial charge in [0, 0.05) is 6.07 Å². The Labute approximate surface area is 85.4 Å². The van der Waals surface area contributed by atoms with Gasteiger partial charge in [-0.3, -0.25) is 4.79 Å². The highest BCUT2D eigenvalue weighted by Gasteiger charge is 2.17. The second-order valence-corrected chi connectivity index (χ2v) is 2.82. The fourth-order valence-corrected chi connectivity index (χ4v) is 1.35. The average Bonchev–Trinajstić information content (AvgIpc) is 2.17. The SMILES string of the molecule is COc1cc(F)c(C=O)c(Cl)c1OC. The van der Waals surface area contributed by atoms with Crippen molar-refractivity contribution in [2.45, 2.75) is 0 Å². The van der Waals surface area contributed by atoms with Crippen LogP contribution in [0.2, 0.25) is 5.02 Å². The summed E-state index contributed by atoms with van der Waals surface area (Å²) in [6, 6.07) is 1.05. The number of halogens is 2. The molecule has 0 saturated heterocycles. The van der Waals surface area contributed by atoms with Crippen LogP contribution in [-0.4, -0.2) is 20.5 Å². The molecule has 1 rings (SSSR count). The molecule has 0 aliphatic carbocycles. The summed E-state index contributed by atoms with van der Waals surface area (Å²) in [6.07, 6.45) is 0.333. The van der Waals surface area contributed by atoms with E-state index in [0.29, 0.717) is 6.29 Å². The van der Waals surface area contributed by atoms with E-state index in [4.69, 9.17) is 21.1 Å². The van der Waals surface area contributed by atoms with E-state index >= 15 is 0 Å². The maximum absolute atomic E-state index is 13.2. The fraction of sp³-hybridized carbons (Fsp3) is 0.222. The molecule has 0 bridgehead atoms. The molecule has 5 heteroatoms. The van der Waals surface area contributed by atoms with E-state index in [1.165, 1.54) is 14.2 Å². The molecule has 0 amide bonds. The van der Waals surface area contributed by atoms with Crippen LogP contribution in [0.4, 0.5) is 4.39 Å². The highest BCUT2D eigenvalue weighted by atomic mass is 35.5. The molecule has 0 spiro atoms. The van der Waals surface area contributed by atoms with Crippen LogP contribution in [0.5, 0.6) is 11.5 Å². The van der Waals surface area contributed by atoms with Gasteiger partial charge in [-0.15, -0.1) is 0 Å². The third-order valence-electron chi connectivity index (χ3n) is 1.72. The van der Waals surface area contributed by atoms with Gasteiger partial charge in [0.1, 0.15) is 5.82 Å². The lowest BCUT2D eigenvalue weighted by Crippen LogP contribution is -1.97. The first-order valence-electron chi connectivity index (χ1n) is 3.70. The molecule has 14 heavy (non-hydrogen) atoms. The van der Waals surface area contributed by atoms with Crippen LogP contribution in [0.15, 0.2) is 6.07 Å². The first-order chi connectivity index (χ1) is 6.65. The monoisotopic (exact) mass is 218 g/mol. The lowest BCUT2D eigenvalue weighted by molar-refractivity contribution is 0.111. The minimum atomic E-state index is -0.734. The summed E-state index contributed by atoms with van der Waals surface area (Å²) < 4.78 is 22.9. The first-order valence-corrected chi connectivity index (χ1v) is 4.08. The molecule has 0 unspecified atom stereocenters. The van der Waals surface area contributed by atoms with Gasteiger partial charge in [0.05, 0.1) is 24.8 Å². The zero-order chi connectivity index (χ0) is 10.7. The van der Waals surface area contributed by atoms with Gasteiger partial charge in [-0.2, -0.15) is 0 Å². The summed E-state index contributed by atoms with van der Waals surface area (Å²) in [5, 5.41) is -0.0839. The number of rotatable bonds is 3. The first kappa shape index (κ1) is 10.8. The van der Waals surface area contributed by atoms with Gasteiger partial charge in [-0.25, -0.2) is 4.39 Å². The normalized spacial score (nSPS) is 9.71. The van der Waals surface area contributed by atoms with E-state index < -0.39 is 5.82 Å². The molecule has 0 fully saturated rings.